The number of hydrogen-bond donors (Lipinski definition) is 1. The van der Waals surface area contributed by atoms with Crippen LogP contribution in [0.4, 0.5) is 5.13 Å². The van der Waals surface area contributed by atoms with Crippen LogP contribution in [0, 0.1) is 0 Å². The van der Waals surface area contributed by atoms with Crippen LogP contribution in [0.15, 0.2) is 22.7 Å². The normalized spacial score (nSPS) is 18.3. The van der Waals surface area contributed by atoms with Gasteiger partial charge in [0.15, 0.2) is 5.13 Å². The number of nitrogens with one attached hydrogen (secondary N) is 1. The molecule has 3 nitrogen and oxygen atoms in total. The zero-order valence-electron chi connectivity index (χ0n) is 11.7. The van der Waals surface area contributed by atoms with Crippen molar-refractivity contribution in [2.75, 3.05) is 25.0 Å². The molecular formula is C15H20BrN3S. The smallest absolute Gasteiger partial charge is 0.184 e. The minimum absolute atomic E-state index is 0.442. The van der Waals surface area contributed by atoms with Crippen LogP contribution in [0.25, 0.3) is 10.2 Å². The molecule has 1 N–H and O–H groups in total. The molecule has 108 valence electrons. The summed E-state index contributed by atoms with van der Waals surface area (Å²) in [5, 5.41) is 4.58. The van der Waals surface area contributed by atoms with E-state index in [-0.39, 0.29) is 0 Å². The Morgan fingerprint density at radius 2 is 2.15 bits per heavy atom. The summed E-state index contributed by atoms with van der Waals surface area (Å²) in [6.07, 6.45) is 4.09. The first-order valence-electron chi connectivity index (χ1n) is 7.26. The molecule has 0 radical (unpaired) electrons. The molecule has 0 bridgehead atoms. The van der Waals surface area contributed by atoms with Crippen LogP contribution in [0.3, 0.4) is 0 Å². The molecule has 1 unspecified atom stereocenters. The molecular weight excluding hydrogens is 334 g/mol. The highest BCUT2D eigenvalue weighted by Gasteiger charge is 2.14. The first-order valence-corrected chi connectivity index (χ1v) is 8.86. The van der Waals surface area contributed by atoms with Gasteiger partial charge >= 0.3 is 0 Å². The zero-order valence-corrected chi connectivity index (χ0v) is 14.1. The maximum absolute atomic E-state index is 4.67. The van der Waals surface area contributed by atoms with Crippen LogP contribution < -0.4 is 5.32 Å². The van der Waals surface area contributed by atoms with Crippen molar-refractivity contribution in [1.29, 1.82) is 0 Å². The number of rotatable bonds is 4. The van der Waals surface area contributed by atoms with Crippen LogP contribution in [0.5, 0.6) is 0 Å². The summed E-state index contributed by atoms with van der Waals surface area (Å²) in [4.78, 5) is 7.23. The van der Waals surface area contributed by atoms with E-state index in [0.29, 0.717) is 6.04 Å². The Morgan fingerprint density at radius 3 is 2.95 bits per heavy atom. The van der Waals surface area contributed by atoms with E-state index < -0.39 is 0 Å². The SMILES string of the molecule is CC(CN1CCCCC1)Nc1nc2cc(Br)ccc2s1. The zero-order chi connectivity index (χ0) is 13.9. The monoisotopic (exact) mass is 353 g/mol. The van der Waals surface area contributed by atoms with Crippen molar-refractivity contribution in [2.24, 2.45) is 0 Å². The molecule has 0 aliphatic carbocycles. The Labute approximate surface area is 132 Å². The highest BCUT2D eigenvalue weighted by atomic mass is 79.9. The number of likely N-dealkylation sites (tertiary alicyclic amines) is 1. The largest absolute Gasteiger partial charge is 0.358 e. The van der Waals surface area contributed by atoms with Gasteiger partial charge in [0, 0.05) is 17.1 Å². The van der Waals surface area contributed by atoms with Gasteiger partial charge in [-0.1, -0.05) is 33.7 Å². The predicted molar refractivity (Wildman–Crippen MR) is 90.7 cm³/mol. The van der Waals surface area contributed by atoms with E-state index in [1.165, 1.54) is 37.1 Å². The van der Waals surface area contributed by atoms with Crippen LogP contribution >= 0.6 is 27.3 Å². The summed E-state index contributed by atoms with van der Waals surface area (Å²) in [7, 11) is 0. The molecule has 1 atom stereocenters. The third-order valence-electron chi connectivity index (χ3n) is 3.70. The fourth-order valence-electron chi connectivity index (χ4n) is 2.75. The van der Waals surface area contributed by atoms with E-state index in [1.807, 2.05) is 0 Å². The number of piperidine rings is 1. The van der Waals surface area contributed by atoms with E-state index >= 15 is 0 Å². The van der Waals surface area contributed by atoms with E-state index in [1.54, 1.807) is 11.3 Å². The molecule has 1 aromatic carbocycles. The number of aromatic nitrogens is 1. The van der Waals surface area contributed by atoms with Gasteiger partial charge in [-0.2, -0.15) is 0 Å². The molecule has 1 saturated heterocycles. The van der Waals surface area contributed by atoms with E-state index in [4.69, 9.17) is 0 Å². The summed E-state index contributed by atoms with van der Waals surface area (Å²) >= 11 is 5.23. The maximum atomic E-state index is 4.67. The summed E-state index contributed by atoms with van der Waals surface area (Å²) in [6.45, 7) is 5.85. The minimum atomic E-state index is 0.442. The first-order chi connectivity index (χ1) is 9.70. The molecule has 2 aromatic rings. The summed E-state index contributed by atoms with van der Waals surface area (Å²) in [5.41, 5.74) is 1.07. The molecule has 0 amide bonds. The van der Waals surface area contributed by atoms with Gasteiger partial charge in [-0.25, -0.2) is 4.98 Å². The van der Waals surface area contributed by atoms with Gasteiger partial charge in [0.1, 0.15) is 0 Å². The molecule has 0 saturated carbocycles. The van der Waals surface area contributed by atoms with Crippen LogP contribution in [0.1, 0.15) is 26.2 Å². The molecule has 5 heteroatoms. The lowest BCUT2D eigenvalue weighted by Crippen LogP contribution is -2.38. The molecule has 0 spiro atoms. The summed E-state index contributed by atoms with van der Waals surface area (Å²) in [6, 6.07) is 6.71. The number of anilines is 1. The van der Waals surface area contributed by atoms with Gasteiger partial charge in [0.05, 0.1) is 10.2 Å². The minimum Gasteiger partial charge on any atom is -0.358 e. The van der Waals surface area contributed by atoms with Crippen molar-refractivity contribution >= 4 is 42.6 Å². The number of nitrogens with zero attached hydrogens (tertiary/aromatic N) is 2. The van der Waals surface area contributed by atoms with Gasteiger partial charge in [-0.15, -0.1) is 0 Å². The fourth-order valence-corrected chi connectivity index (χ4v) is 4.05. The first kappa shape index (κ1) is 14.3. The number of thiazole rings is 1. The number of halogens is 1. The predicted octanol–water partition coefficient (Wildman–Crippen LogP) is 4.35. The molecule has 1 aliphatic heterocycles. The topological polar surface area (TPSA) is 28.2 Å². The van der Waals surface area contributed by atoms with Gasteiger partial charge < -0.3 is 10.2 Å². The van der Waals surface area contributed by atoms with E-state index in [2.05, 4.69) is 56.3 Å². The van der Waals surface area contributed by atoms with Crippen LogP contribution in [-0.2, 0) is 0 Å². The second-order valence-corrected chi connectivity index (χ2v) is 7.48. The van der Waals surface area contributed by atoms with Gasteiger partial charge in [0.25, 0.3) is 0 Å². The van der Waals surface area contributed by atoms with Gasteiger partial charge in [-0.3, -0.25) is 0 Å². The van der Waals surface area contributed by atoms with Crippen molar-refractivity contribution in [3.8, 4) is 0 Å². The number of hydrogen-bond acceptors (Lipinski definition) is 4. The Balaban J connectivity index is 1.63. The Kier molecular flexibility index (Phi) is 4.58. The highest BCUT2D eigenvalue weighted by Crippen LogP contribution is 2.28. The number of fused-ring (bicyclic) bond motifs is 1. The molecule has 3 rings (SSSR count). The molecule has 1 fully saturated rings. The fraction of sp³-hybridized carbons (Fsp3) is 0.533. The Bertz CT molecular complexity index is 578. The van der Waals surface area contributed by atoms with E-state index in [0.717, 1.165) is 21.7 Å². The Hall–Kier alpha value is -0.650. The third-order valence-corrected chi connectivity index (χ3v) is 5.16. The van der Waals surface area contributed by atoms with Crippen molar-refractivity contribution in [3.63, 3.8) is 0 Å². The lowest BCUT2D eigenvalue weighted by atomic mass is 10.1. The van der Waals surface area contributed by atoms with Crippen LogP contribution in [-0.4, -0.2) is 35.6 Å². The van der Waals surface area contributed by atoms with Crippen molar-refractivity contribution < 1.29 is 0 Å². The highest BCUT2D eigenvalue weighted by molar-refractivity contribution is 9.10. The van der Waals surface area contributed by atoms with Gasteiger partial charge in [-0.05, 0) is 51.1 Å². The molecule has 20 heavy (non-hydrogen) atoms. The number of benzene rings is 1. The quantitative estimate of drug-likeness (QED) is 0.885. The molecule has 1 aromatic heterocycles. The van der Waals surface area contributed by atoms with Crippen LogP contribution in [0.2, 0.25) is 0 Å². The molecule has 2 heterocycles. The Morgan fingerprint density at radius 1 is 1.35 bits per heavy atom. The maximum Gasteiger partial charge on any atom is 0.184 e. The lowest BCUT2D eigenvalue weighted by molar-refractivity contribution is 0.223. The van der Waals surface area contributed by atoms with Crippen molar-refractivity contribution in [3.05, 3.63) is 22.7 Å². The molecule has 1 aliphatic rings. The van der Waals surface area contributed by atoms with Crippen molar-refractivity contribution in [2.45, 2.75) is 32.2 Å². The third kappa shape index (κ3) is 3.51. The van der Waals surface area contributed by atoms with Gasteiger partial charge in [0.2, 0.25) is 0 Å². The lowest BCUT2D eigenvalue weighted by Gasteiger charge is -2.29. The average molecular weight is 354 g/mol. The second-order valence-electron chi connectivity index (χ2n) is 5.54. The summed E-state index contributed by atoms with van der Waals surface area (Å²) in [5.74, 6) is 0. The van der Waals surface area contributed by atoms with Crippen molar-refractivity contribution in [1.82, 2.24) is 9.88 Å². The average Bonchev–Trinajstić information content (AvgIpc) is 2.80. The summed E-state index contributed by atoms with van der Waals surface area (Å²) < 4.78 is 2.32. The second kappa shape index (κ2) is 6.41. The van der Waals surface area contributed by atoms with E-state index in [9.17, 15) is 0 Å². The standard InChI is InChI=1S/C15H20BrN3S/c1-11(10-19-7-3-2-4-8-19)17-15-18-13-9-12(16)5-6-14(13)20-15/h5-6,9,11H,2-4,7-8,10H2,1H3,(H,17,18).